The Morgan fingerprint density at radius 2 is 1.76 bits per heavy atom. The normalized spacial score (nSPS) is 21.5. The van der Waals surface area contributed by atoms with Crippen LogP contribution in [0.4, 0.5) is 4.39 Å². The molecule has 4 heteroatoms. The predicted molar refractivity (Wildman–Crippen MR) is 82.4 cm³/mol. The van der Waals surface area contributed by atoms with E-state index in [0.717, 1.165) is 0 Å². The molecule has 0 radical (unpaired) electrons. The quantitative estimate of drug-likeness (QED) is 0.889. The molecule has 0 fully saturated rings. The van der Waals surface area contributed by atoms with Gasteiger partial charge in [0.2, 0.25) is 0 Å². The Balaban J connectivity index is 1.94. The van der Waals surface area contributed by atoms with Crippen molar-refractivity contribution in [2.45, 2.75) is 25.4 Å². The van der Waals surface area contributed by atoms with Gasteiger partial charge in [-0.2, -0.15) is 0 Å². The topological polar surface area (TPSA) is 50.4 Å². The lowest BCUT2D eigenvalue weighted by molar-refractivity contribution is 0.469. The zero-order valence-corrected chi connectivity index (χ0v) is 11.9. The summed E-state index contributed by atoms with van der Waals surface area (Å²) < 4.78 is 14.0. The fourth-order valence-electron chi connectivity index (χ4n) is 2.84. The van der Waals surface area contributed by atoms with Gasteiger partial charge in [0.15, 0.2) is 5.96 Å². The van der Waals surface area contributed by atoms with Crippen LogP contribution in [0.15, 0.2) is 53.5 Å². The third-order valence-corrected chi connectivity index (χ3v) is 3.90. The van der Waals surface area contributed by atoms with Crippen LogP contribution in [-0.2, 0) is 0 Å². The van der Waals surface area contributed by atoms with Crippen LogP contribution in [0.3, 0.4) is 0 Å². The van der Waals surface area contributed by atoms with Crippen LogP contribution >= 0.6 is 0 Å². The average Bonchev–Trinajstić information content (AvgIpc) is 2.47. The number of nitrogens with one attached hydrogen (secondary N) is 1. The van der Waals surface area contributed by atoms with E-state index in [9.17, 15) is 4.39 Å². The maximum atomic E-state index is 14.0. The van der Waals surface area contributed by atoms with E-state index in [4.69, 9.17) is 5.73 Å². The van der Waals surface area contributed by atoms with Gasteiger partial charge >= 0.3 is 0 Å². The predicted octanol–water partition coefficient (Wildman–Crippen LogP) is 3.22. The highest BCUT2D eigenvalue weighted by atomic mass is 19.1. The zero-order valence-electron chi connectivity index (χ0n) is 11.9. The van der Waals surface area contributed by atoms with Gasteiger partial charge in [0.25, 0.3) is 0 Å². The number of aliphatic imine (C=N–C) groups is 1. The number of hydrogen-bond acceptors (Lipinski definition) is 3. The summed E-state index contributed by atoms with van der Waals surface area (Å²) in [7, 11) is 0. The molecular weight excluding hydrogens is 265 g/mol. The van der Waals surface area contributed by atoms with Crippen LogP contribution in [0.1, 0.15) is 35.2 Å². The number of aryl methyl sites for hydroxylation is 1. The minimum absolute atomic E-state index is 0.0494. The first-order chi connectivity index (χ1) is 10.1. The molecule has 1 aliphatic heterocycles. The van der Waals surface area contributed by atoms with Crippen molar-refractivity contribution in [2.24, 2.45) is 10.7 Å². The van der Waals surface area contributed by atoms with E-state index < -0.39 is 0 Å². The van der Waals surface area contributed by atoms with Crippen molar-refractivity contribution in [3.05, 3.63) is 71.0 Å². The van der Waals surface area contributed by atoms with Crippen molar-refractivity contribution in [1.29, 1.82) is 0 Å². The molecule has 108 valence electrons. The molecule has 1 heterocycles. The first kappa shape index (κ1) is 13.6. The smallest absolute Gasteiger partial charge is 0.189 e. The minimum atomic E-state index is -0.253. The Morgan fingerprint density at radius 3 is 2.48 bits per heavy atom. The Labute approximate surface area is 123 Å². The van der Waals surface area contributed by atoms with Crippen molar-refractivity contribution in [3.8, 4) is 0 Å². The van der Waals surface area contributed by atoms with E-state index >= 15 is 0 Å². The number of halogens is 1. The van der Waals surface area contributed by atoms with Crippen LogP contribution < -0.4 is 11.1 Å². The Morgan fingerprint density at radius 1 is 1.10 bits per heavy atom. The largest absolute Gasteiger partial charge is 0.370 e. The summed E-state index contributed by atoms with van der Waals surface area (Å²) in [5.41, 5.74) is 8.87. The second-order valence-electron chi connectivity index (χ2n) is 5.34. The molecule has 0 aromatic heterocycles. The highest BCUT2D eigenvalue weighted by Crippen LogP contribution is 2.34. The first-order valence-electron chi connectivity index (χ1n) is 7.05. The SMILES string of the molecule is Cc1ccccc1C1CC(c2ccccc2F)N=C(N)N1. The van der Waals surface area contributed by atoms with Gasteiger partial charge in [-0.25, -0.2) is 9.38 Å². The van der Waals surface area contributed by atoms with Gasteiger partial charge in [0.1, 0.15) is 5.82 Å². The molecule has 3 nitrogen and oxygen atoms in total. The molecule has 2 aromatic rings. The molecule has 3 N–H and O–H groups in total. The van der Waals surface area contributed by atoms with Gasteiger partial charge in [-0.05, 0) is 30.5 Å². The van der Waals surface area contributed by atoms with Crippen molar-refractivity contribution in [1.82, 2.24) is 5.32 Å². The maximum Gasteiger partial charge on any atom is 0.189 e. The van der Waals surface area contributed by atoms with E-state index in [-0.39, 0.29) is 17.9 Å². The molecule has 3 rings (SSSR count). The van der Waals surface area contributed by atoms with Gasteiger partial charge in [-0.3, -0.25) is 0 Å². The van der Waals surface area contributed by atoms with Crippen molar-refractivity contribution < 1.29 is 4.39 Å². The summed E-state index contributed by atoms with van der Waals surface area (Å²) in [6.45, 7) is 2.07. The summed E-state index contributed by atoms with van der Waals surface area (Å²) in [6.07, 6.45) is 0.687. The average molecular weight is 283 g/mol. The second kappa shape index (κ2) is 5.56. The molecule has 2 unspecified atom stereocenters. The molecule has 0 aliphatic carbocycles. The van der Waals surface area contributed by atoms with Crippen LogP contribution in [0, 0.1) is 12.7 Å². The Kier molecular flexibility index (Phi) is 3.60. The van der Waals surface area contributed by atoms with Gasteiger partial charge in [0, 0.05) is 5.56 Å². The third-order valence-electron chi connectivity index (χ3n) is 3.90. The fourth-order valence-corrected chi connectivity index (χ4v) is 2.84. The minimum Gasteiger partial charge on any atom is -0.370 e. The summed E-state index contributed by atoms with van der Waals surface area (Å²) in [5, 5.41) is 3.20. The summed E-state index contributed by atoms with van der Waals surface area (Å²) in [5.74, 6) is 0.132. The first-order valence-corrected chi connectivity index (χ1v) is 7.05. The lowest BCUT2D eigenvalue weighted by Gasteiger charge is -2.29. The van der Waals surface area contributed by atoms with Gasteiger partial charge in [-0.1, -0.05) is 42.5 Å². The van der Waals surface area contributed by atoms with Gasteiger partial charge in [0.05, 0.1) is 12.1 Å². The van der Waals surface area contributed by atoms with Crippen molar-refractivity contribution in [2.75, 3.05) is 0 Å². The maximum absolute atomic E-state index is 14.0. The molecule has 2 atom stereocenters. The number of benzene rings is 2. The van der Waals surface area contributed by atoms with Crippen LogP contribution in [0.5, 0.6) is 0 Å². The highest BCUT2D eigenvalue weighted by Gasteiger charge is 2.26. The van der Waals surface area contributed by atoms with E-state index in [1.807, 2.05) is 18.2 Å². The van der Waals surface area contributed by atoms with E-state index in [0.29, 0.717) is 17.9 Å². The van der Waals surface area contributed by atoms with Gasteiger partial charge < -0.3 is 11.1 Å². The second-order valence-corrected chi connectivity index (χ2v) is 5.34. The monoisotopic (exact) mass is 283 g/mol. The number of hydrogen-bond donors (Lipinski definition) is 2. The molecule has 0 amide bonds. The third kappa shape index (κ3) is 2.75. The number of nitrogens with two attached hydrogens (primary N) is 1. The number of nitrogens with zero attached hydrogens (tertiary/aromatic N) is 1. The number of guanidine groups is 1. The Hall–Kier alpha value is -2.36. The summed E-state index contributed by atoms with van der Waals surface area (Å²) in [4.78, 5) is 4.36. The lowest BCUT2D eigenvalue weighted by Crippen LogP contribution is -2.39. The summed E-state index contributed by atoms with van der Waals surface area (Å²) in [6, 6.07) is 14.7. The van der Waals surface area contributed by atoms with Crippen molar-refractivity contribution >= 4 is 5.96 Å². The molecule has 0 bridgehead atoms. The van der Waals surface area contributed by atoms with E-state index in [2.05, 4.69) is 29.4 Å². The molecule has 2 aromatic carbocycles. The van der Waals surface area contributed by atoms with Crippen LogP contribution in [0.2, 0.25) is 0 Å². The molecule has 0 saturated carbocycles. The highest BCUT2D eigenvalue weighted by molar-refractivity contribution is 5.79. The standard InChI is InChI=1S/C17H18FN3/c1-11-6-2-3-7-12(11)15-10-16(21-17(19)20-15)13-8-4-5-9-14(13)18/h2-9,15-16H,10H2,1H3,(H3,19,20,21). The summed E-state index contributed by atoms with van der Waals surface area (Å²) >= 11 is 0. The molecule has 21 heavy (non-hydrogen) atoms. The zero-order chi connectivity index (χ0) is 14.8. The molecule has 1 aliphatic rings. The molecule has 0 saturated heterocycles. The lowest BCUT2D eigenvalue weighted by atomic mass is 9.91. The van der Waals surface area contributed by atoms with E-state index in [1.165, 1.54) is 17.2 Å². The fraction of sp³-hybridized carbons (Fsp3) is 0.235. The van der Waals surface area contributed by atoms with Crippen LogP contribution in [-0.4, -0.2) is 5.96 Å². The van der Waals surface area contributed by atoms with Gasteiger partial charge in [-0.15, -0.1) is 0 Å². The van der Waals surface area contributed by atoms with Crippen molar-refractivity contribution in [3.63, 3.8) is 0 Å². The number of rotatable bonds is 2. The molecule has 0 spiro atoms. The van der Waals surface area contributed by atoms with Crippen LogP contribution in [0.25, 0.3) is 0 Å². The Bertz CT molecular complexity index is 681. The van der Waals surface area contributed by atoms with E-state index in [1.54, 1.807) is 12.1 Å². The molecular formula is C17H18FN3.